The highest BCUT2D eigenvalue weighted by Crippen LogP contribution is 2.69. The zero-order valence-electron chi connectivity index (χ0n) is 40.3. The van der Waals surface area contributed by atoms with Gasteiger partial charge in [-0.3, -0.25) is 4.55 Å². The highest BCUT2D eigenvalue weighted by atomic mass is 32.3. The van der Waals surface area contributed by atoms with E-state index >= 15 is 0 Å². The molecule has 0 aromatic heterocycles. The molecule has 0 heterocycles. The maximum absolute atomic E-state index is 11.2. The molecule has 344 valence electrons. The fraction of sp³-hybridized carbons (Fsp3) is 0.926. The van der Waals surface area contributed by atoms with Crippen LogP contribution in [0.4, 0.5) is 0 Å². The Balaban J connectivity index is 0.000000183. The van der Waals surface area contributed by atoms with E-state index in [0.717, 1.165) is 90.8 Å². The minimum atomic E-state index is -4.38. The van der Waals surface area contributed by atoms with Gasteiger partial charge < -0.3 is 5.11 Å². The summed E-state index contributed by atoms with van der Waals surface area (Å²) in [6, 6.07) is 0. The maximum Gasteiger partial charge on any atom is 0.397 e. The molecule has 0 aromatic rings. The summed E-state index contributed by atoms with van der Waals surface area (Å²) < 4.78 is 36.6. The average molecular weight is 853 g/mol. The molecule has 8 aliphatic carbocycles. The number of hydrogen-bond acceptors (Lipinski definition) is 4. The van der Waals surface area contributed by atoms with Gasteiger partial charge in [0, 0.05) is 0 Å². The Morgan fingerprint density at radius 3 is 1.50 bits per heavy atom. The van der Waals surface area contributed by atoms with Crippen LogP contribution in [0.15, 0.2) is 23.3 Å². The fourth-order valence-corrected chi connectivity index (χ4v) is 18.1. The van der Waals surface area contributed by atoms with E-state index in [2.05, 4.69) is 81.4 Å². The molecule has 0 radical (unpaired) electrons. The van der Waals surface area contributed by atoms with Crippen LogP contribution in [-0.2, 0) is 14.6 Å². The molecule has 0 bridgehead atoms. The molecule has 16 atom stereocenters. The van der Waals surface area contributed by atoms with E-state index < -0.39 is 16.5 Å². The van der Waals surface area contributed by atoms with Crippen LogP contribution in [-0.4, -0.2) is 30.3 Å². The molecule has 8 rings (SSSR count). The van der Waals surface area contributed by atoms with Crippen molar-refractivity contribution in [1.29, 1.82) is 0 Å². The van der Waals surface area contributed by atoms with Crippen molar-refractivity contribution >= 4 is 10.4 Å². The molecule has 60 heavy (non-hydrogen) atoms. The molecular weight excluding hydrogens is 761 g/mol. The quantitative estimate of drug-likeness (QED) is 0.151. The summed E-state index contributed by atoms with van der Waals surface area (Å²) in [4.78, 5) is 0. The minimum Gasteiger partial charge on any atom is -0.393 e. The number of aliphatic hydroxyl groups is 1. The molecular formula is C54H92O5S. The van der Waals surface area contributed by atoms with Crippen LogP contribution in [0, 0.1) is 92.7 Å². The number of rotatable bonds is 12. The van der Waals surface area contributed by atoms with Gasteiger partial charge in [-0.1, -0.05) is 131 Å². The smallest absolute Gasteiger partial charge is 0.393 e. The molecule has 8 aliphatic rings. The standard InChI is InChI=1S/C27H46O4S.C27H46O/c1-18(2)7-6-8-19(3)23-11-12-24-22-10-9-20-17-21(31-32(28,29)30)13-15-26(20,4)25(22)14-16-27(23,24)5;1-18(2)7-6-8-19(3)23-11-12-24-22-10-9-20-17-21(28)13-15-26(20,4)25(22)14-16-27(23,24)5/h9,18-19,21-25H,6-8,10-17H2,1-5H3,(H,28,29,30);9,18-19,21-25,28H,6-8,10-17H2,1-5H3/t19-,21?,22?,23-,24?,25?,26+,27-;19-,21?,22+,23-,24+,25+,26+,27-/m11/s1. The first-order valence-corrected chi connectivity index (χ1v) is 27.3. The number of hydrogen-bond donors (Lipinski definition) is 2. The highest BCUT2D eigenvalue weighted by Gasteiger charge is 2.61. The third-order valence-electron chi connectivity index (χ3n) is 20.8. The zero-order valence-corrected chi connectivity index (χ0v) is 41.1. The lowest BCUT2D eigenvalue weighted by molar-refractivity contribution is -0.0573. The summed E-state index contributed by atoms with van der Waals surface area (Å²) in [5, 5.41) is 10.2. The topological polar surface area (TPSA) is 83.8 Å². The number of allylic oxidation sites excluding steroid dienone is 2. The molecule has 6 saturated carbocycles. The minimum absolute atomic E-state index is 0.0766. The van der Waals surface area contributed by atoms with Gasteiger partial charge in [0.1, 0.15) is 0 Å². The first kappa shape index (κ1) is 47.3. The normalized spacial score (nSPS) is 44.5. The van der Waals surface area contributed by atoms with Crippen molar-refractivity contribution < 1.29 is 22.3 Å². The Hall–Kier alpha value is -0.690. The van der Waals surface area contributed by atoms with Gasteiger partial charge in [0.25, 0.3) is 0 Å². The van der Waals surface area contributed by atoms with Gasteiger partial charge in [-0.25, -0.2) is 4.18 Å². The predicted octanol–water partition coefficient (Wildman–Crippen LogP) is 14.6. The van der Waals surface area contributed by atoms with Gasteiger partial charge in [-0.15, -0.1) is 0 Å². The first-order chi connectivity index (χ1) is 28.2. The Bertz CT molecular complexity index is 1650. The molecule has 0 spiro atoms. The lowest BCUT2D eigenvalue weighted by Crippen LogP contribution is -2.51. The van der Waals surface area contributed by atoms with Crippen LogP contribution in [0.3, 0.4) is 0 Å². The molecule has 0 aromatic carbocycles. The van der Waals surface area contributed by atoms with E-state index in [0.29, 0.717) is 35.0 Å². The van der Waals surface area contributed by atoms with Gasteiger partial charge in [0.15, 0.2) is 0 Å². The second kappa shape index (κ2) is 18.3. The summed E-state index contributed by atoms with van der Waals surface area (Å²) in [6.07, 6.45) is 32.3. The summed E-state index contributed by atoms with van der Waals surface area (Å²) in [6.45, 7) is 24.8. The van der Waals surface area contributed by atoms with Crippen molar-refractivity contribution in [2.45, 2.75) is 223 Å². The van der Waals surface area contributed by atoms with E-state index in [1.165, 1.54) is 108 Å². The number of aliphatic hydroxyl groups excluding tert-OH is 1. The monoisotopic (exact) mass is 853 g/mol. The van der Waals surface area contributed by atoms with Crippen molar-refractivity contribution in [1.82, 2.24) is 0 Å². The van der Waals surface area contributed by atoms with E-state index in [1.54, 1.807) is 5.57 Å². The zero-order chi connectivity index (χ0) is 43.4. The van der Waals surface area contributed by atoms with Gasteiger partial charge in [-0.2, -0.15) is 8.42 Å². The molecule has 0 saturated heterocycles. The van der Waals surface area contributed by atoms with Gasteiger partial charge in [-0.05, 0) is 195 Å². The van der Waals surface area contributed by atoms with Crippen molar-refractivity contribution in [3.8, 4) is 0 Å². The predicted molar refractivity (Wildman–Crippen MR) is 249 cm³/mol. The van der Waals surface area contributed by atoms with E-state index in [-0.39, 0.29) is 11.5 Å². The van der Waals surface area contributed by atoms with Crippen LogP contribution >= 0.6 is 0 Å². The molecule has 5 unspecified atom stereocenters. The summed E-state index contributed by atoms with van der Waals surface area (Å²) in [5.41, 5.74) is 4.65. The SMILES string of the molecule is CC(C)CCC[C@@H](C)[C@H]1CCC2C3CC=C4CC(OS(=O)(=O)O)CC[C@]4(C)C3CC[C@@]21C.CC(C)CCC[C@@H](C)[C@H]1CC[C@H]2[C@@H]3CC=C4CC(O)CC[C@]4(C)[C@H]3CC[C@]12C. The van der Waals surface area contributed by atoms with Crippen molar-refractivity contribution in [2.75, 3.05) is 0 Å². The Morgan fingerprint density at radius 1 is 0.600 bits per heavy atom. The van der Waals surface area contributed by atoms with E-state index in [9.17, 15) is 13.5 Å². The van der Waals surface area contributed by atoms with Crippen molar-refractivity contribution in [2.24, 2.45) is 92.7 Å². The Labute approximate surface area is 369 Å². The fourth-order valence-electron chi connectivity index (χ4n) is 17.6. The molecule has 0 aliphatic heterocycles. The molecule has 6 heteroatoms. The Kier molecular flexibility index (Phi) is 14.4. The van der Waals surface area contributed by atoms with Crippen molar-refractivity contribution in [3.63, 3.8) is 0 Å². The van der Waals surface area contributed by atoms with Gasteiger partial charge in [0.2, 0.25) is 0 Å². The first-order valence-electron chi connectivity index (χ1n) is 25.9. The maximum atomic E-state index is 11.2. The third kappa shape index (κ3) is 9.23. The average Bonchev–Trinajstić information content (AvgIpc) is 3.71. The van der Waals surface area contributed by atoms with Crippen LogP contribution in [0.1, 0.15) is 210 Å². The van der Waals surface area contributed by atoms with Crippen LogP contribution in [0.5, 0.6) is 0 Å². The van der Waals surface area contributed by atoms with E-state index in [4.69, 9.17) is 8.74 Å². The highest BCUT2D eigenvalue weighted by molar-refractivity contribution is 7.80. The third-order valence-corrected chi connectivity index (χ3v) is 21.3. The lowest BCUT2D eigenvalue weighted by Gasteiger charge is -2.58. The van der Waals surface area contributed by atoms with Gasteiger partial charge in [0.05, 0.1) is 12.2 Å². The van der Waals surface area contributed by atoms with Crippen LogP contribution in [0.25, 0.3) is 0 Å². The summed E-state index contributed by atoms with van der Waals surface area (Å²) >= 11 is 0. The number of fused-ring (bicyclic) bond motifs is 10. The second-order valence-corrected chi connectivity index (χ2v) is 25.9. The summed E-state index contributed by atoms with van der Waals surface area (Å²) in [7, 11) is -4.38. The van der Waals surface area contributed by atoms with E-state index in [1.807, 2.05) is 0 Å². The largest absolute Gasteiger partial charge is 0.397 e. The molecule has 6 fully saturated rings. The van der Waals surface area contributed by atoms with Crippen LogP contribution in [0.2, 0.25) is 0 Å². The molecule has 5 nitrogen and oxygen atoms in total. The Morgan fingerprint density at radius 2 is 1.05 bits per heavy atom. The molecule has 0 amide bonds. The van der Waals surface area contributed by atoms with Crippen molar-refractivity contribution in [3.05, 3.63) is 23.3 Å². The molecule has 2 N–H and O–H groups in total. The summed E-state index contributed by atoms with van der Waals surface area (Å²) in [5.74, 6) is 10.3. The second-order valence-electron chi connectivity index (χ2n) is 24.9. The lowest BCUT2D eigenvalue weighted by atomic mass is 9.47. The van der Waals surface area contributed by atoms with Crippen LogP contribution < -0.4 is 0 Å². The van der Waals surface area contributed by atoms with Gasteiger partial charge >= 0.3 is 10.4 Å².